The Morgan fingerprint density at radius 1 is 1.30 bits per heavy atom. The van der Waals surface area contributed by atoms with Gasteiger partial charge in [0.15, 0.2) is 0 Å². The molecular weight excluding hydrogens is 272 g/mol. The second kappa shape index (κ2) is 6.85. The van der Waals surface area contributed by atoms with Crippen molar-refractivity contribution in [2.24, 2.45) is 0 Å². The standard InChI is InChI=1S/C16H13ClN2O/c17-16-13(11-18)9-10-19-14(16)7-4-8-15(20)12-5-2-1-3-6-12/h1-7,9-10,15,20H,8H2/b7-4+/t15-/m1/s1. The van der Waals surface area contributed by atoms with Crippen molar-refractivity contribution in [1.29, 1.82) is 5.26 Å². The Balaban J connectivity index is 2.06. The van der Waals surface area contributed by atoms with Gasteiger partial charge in [-0.3, -0.25) is 4.98 Å². The minimum Gasteiger partial charge on any atom is -0.388 e. The highest BCUT2D eigenvalue weighted by atomic mass is 35.5. The van der Waals surface area contributed by atoms with Gasteiger partial charge in [0, 0.05) is 6.20 Å². The lowest BCUT2D eigenvalue weighted by atomic mass is 10.1. The highest BCUT2D eigenvalue weighted by Crippen LogP contribution is 2.21. The van der Waals surface area contributed by atoms with Gasteiger partial charge in [-0.1, -0.05) is 48.0 Å². The number of hydrogen-bond acceptors (Lipinski definition) is 3. The minimum absolute atomic E-state index is 0.334. The number of hydrogen-bond donors (Lipinski definition) is 1. The normalized spacial score (nSPS) is 12.2. The van der Waals surface area contributed by atoms with Crippen molar-refractivity contribution >= 4 is 17.7 Å². The zero-order valence-corrected chi connectivity index (χ0v) is 11.5. The number of aliphatic hydroxyl groups excluding tert-OH is 1. The van der Waals surface area contributed by atoms with E-state index in [1.165, 1.54) is 6.20 Å². The molecule has 0 aliphatic carbocycles. The predicted octanol–water partition coefficient (Wildman–Crippen LogP) is 3.74. The molecule has 0 aliphatic heterocycles. The molecule has 0 bridgehead atoms. The lowest BCUT2D eigenvalue weighted by Crippen LogP contribution is -1.94. The highest BCUT2D eigenvalue weighted by Gasteiger charge is 2.06. The topological polar surface area (TPSA) is 56.9 Å². The molecule has 0 saturated carbocycles. The molecule has 0 spiro atoms. The van der Waals surface area contributed by atoms with E-state index in [1.54, 1.807) is 18.2 Å². The van der Waals surface area contributed by atoms with E-state index in [1.807, 2.05) is 36.4 Å². The van der Waals surface area contributed by atoms with Crippen LogP contribution < -0.4 is 0 Å². The van der Waals surface area contributed by atoms with Gasteiger partial charge in [0.05, 0.1) is 22.4 Å². The molecule has 0 aliphatic rings. The third-order valence-corrected chi connectivity index (χ3v) is 3.25. The van der Waals surface area contributed by atoms with E-state index in [0.29, 0.717) is 22.7 Å². The van der Waals surface area contributed by atoms with E-state index in [-0.39, 0.29) is 0 Å². The molecular formula is C16H13ClN2O. The fourth-order valence-electron chi connectivity index (χ4n) is 1.78. The van der Waals surface area contributed by atoms with Crippen LogP contribution in [0, 0.1) is 11.3 Å². The van der Waals surface area contributed by atoms with Crippen molar-refractivity contribution in [3.05, 3.63) is 70.5 Å². The summed E-state index contributed by atoms with van der Waals surface area (Å²) < 4.78 is 0. The molecule has 4 heteroatoms. The Hall–Kier alpha value is -2.15. The Labute approximate surface area is 122 Å². The van der Waals surface area contributed by atoms with Crippen LogP contribution in [-0.4, -0.2) is 10.1 Å². The number of aromatic nitrogens is 1. The Bertz CT molecular complexity index is 647. The van der Waals surface area contributed by atoms with Gasteiger partial charge in [-0.25, -0.2) is 0 Å². The van der Waals surface area contributed by atoms with Gasteiger partial charge in [-0.15, -0.1) is 0 Å². The number of pyridine rings is 1. The molecule has 0 fully saturated rings. The molecule has 1 aromatic carbocycles. The van der Waals surface area contributed by atoms with E-state index in [9.17, 15) is 5.11 Å². The van der Waals surface area contributed by atoms with Gasteiger partial charge in [0.2, 0.25) is 0 Å². The van der Waals surface area contributed by atoms with E-state index in [4.69, 9.17) is 16.9 Å². The Morgan fingerprint density at radius 3 is 2.75 bits per heavy atom. The average molecular weight is 285 g/mol. The first-order valence-corrected chi connectivity index (χ1v) is 6.54. The molecule has 0 saturated heterocycles. The number of aliphatic hydroxyl groups is 1. The quantitative estimate of drug-likeness (QED) is 0.930. The maximum absolute atomic E-state index is 10.0. The van der Waals surface area contributed by atoms with Crippen LogP contribution in [0.4, 0.5) is 0 Å². The second-order valence-electron chi connectivity index (χ2n) is 4.23. The van der Waals surface area contributed by atoms with E-state index in [0.717, 1.165) is 5.56 Å². The van der Waals surface area contributed by atoms with E-state index < -0.39 is 6.10 Å². The van der Waals surface area contributed by atoms with Crippen LogP contribution >= 0.6 is 11.6 Å². The first kappa shape index (κ1) is 14.3. The summed E-state index contributed by atoms with van der Waals surface area (Å²) in [4.78, 5) is 4.10. The first-order chi connectivity index (χ1) is 9.72. The molecule has 1 heterocycles. The lowest BCUT2D eigenvalue weighted by Gasteiger charge is -2.07. The molecule has 1 atom stereocenters. The monoisotopic (exact) mass is 284 g/mol. The Morgan fingerprint density at radius 2 is 2.05 bits per heavy atom. The smallest absolute Gasteiger partial charge is 0.101 e. The van der Waals surface area contributed by atoms with Crippen LogP contribution in [0.3, 0.4) is 0 Å². The fraction of sp³-hybridized carbons (Fsp3) is 0.125. The summed E-state index contributed by atoms with van der Waals surface area (Å²) in [5.41, 5.74) is 1.79. The van der Waals surface area contributed by atoms with Gasteiger partial charge in [0.25, 0.3) is 0 Å². The predicted molar refractivity (Wildman–Crippen MR) is 79.0 cm³/mol. The number of nitrogens with zero attached hydrogens (tertiary/aromatic N) is 2. The van der Waals surface area contributed by atoms with Gasteiger partial charge in [-0.2, -0.15) is 5.26 Å². The summed E-state index contributed by atoms with van der Waals surface area (Å²) >= 11 is 6.04. The number of benzene rings is 1. The van der Waals surface area contributed by atoms with Crippen molar-refractivity contribution in [3.8, 4) is 6.07 Å². The average Bonchev–Trinajstić information content (AvgIpc) is 2.49. The molecule has 20 heavy (non-hydrogen) atoms. The summed E-state index contributed by atoms with van der Waals surface area (Å²) in [5.74, 6) is 0. The second-order valence-corrected chi connectivity index (χ2v) is 4.61. The number of halogens is 1. The van der Waals surface area contributed by atoms with Gasteiger partial charge >= 0.3 is 0 Å². The lowest BCUT2D eigenvalue weighted by molar-refractivity contribution is 0.182. The van der Waals surface area contributed by atoms with Crippen LogP contribution in [0.1, 0.15) is 29.3 Å². The molecule has 0 radical (unpaired) electrons. The van der Waals surface area contributed by atoms with Crippen LogP contribution in [0.2, 0.25) is 5.02 Å². The van der Waals surface area contributed by atoms with Crippen molar-refractivity contribution in [2.45, 2.75) is 12.5 Å². The van der Waals surface area contributed by atoms with Crippen molar-refractivity contribution in [3.63, 3.8) is 0 Å². The molecule has 0 unspecified atom stereocenters. The summed E-state index contributed by atoms with van der Waals surface area (Å²) in [6.07, 6.45) is 4.95. The molecule has 100 valence electrons. The van der Waals surface area contributed by atoms with Crippen LogP contribution in [-0.2, 0) is 0 Å². The molecule has 3 nitrogen and oxygen atoms in total. The van der Waals surface area contributed by atoms with E-state index in [2.05, 4.69) is 4.98 Å². The Kier molecular flexibility index (Phi) is 4.89. The highest BCUT2D eigenvalue weighted by molar-refractivity contribution is 6.32. The maximum Gasteiger partial charge on any atom is 0.101 e. The van der Waals surface area contributed by atoms with Crippen molar-refractivity contribution in [2.75, 3.05) is 0 Å². The van der Waals surface area contributed by atoms with Gasteiger partial charge in [0.1, 0.15) is 6.07 Å². The summed E-state index contributed by atoms with van der Waals surface area (Å²) in [7, 11) is 0. The fourth-order valence-corrected chi connectivity index (χ4v) is 2.00. The van der Waals surface area contributed by atoms with Crippen LogP contribution in [0.15, 0.2) is 48.7 Å². The largest absolute Gasteiger partial charge is 0.388 e. The van der Waals surface area contributed by atoms with E-state index >= 15 is 0 Å². The summed E-state index contributed by atoms with van der Waals surface area (Å²) in [6.45, 7) is 0. The van der Waals surface area contributed by atoms with Gasteiger partial charge < -0.3 is 5.11 Å². The molecule has 2 rings (SSSR count). The molecule has 0 amide bonds. The third-order valence-electron chi connectivity index (χ3n) is 2.86. The zero-order chi connectivity index (χ0) is 14.4. The molecule has 1 aromatic heterocycles. The number of nitriles is 1. The first-order valence-electron chi connectivity index (χ1n) is 6.16. The summed E-state index contributed by atoms with van der Waals surface area (Å²) in [6, 6.07) is 13.0. The van der Waals surface area contributed by atoms with Crippen LogP contribution in [0.5, 0.6) is 0 Å². The molecule has 1 N–H and O–H groups in total. The third kappa shape index (κ3) is 3.45. The zero-order valence-electron chi connectivity index (χ0n) is 10.7. The van der Waals surface area contributed by atoms with Crippen LogP contribution in [0.25, 0.3) is 6.08 Å². The van der Waals surface area contributed by atoms with Gasteiger partial charge in [-0.05, 0) is 24.1 Å². The van der Waals surface area contributed by atoms with Crippen molar-refractivity contribution < 1.29 is 5.11 Å². The number of rotatable bonds is 4. The SMILES string of the molecule is N#Cc1ccnc(/C=C/C[C@@H](O)c2ccccc2)c1Cl. The van der Waals surface area contributed by atoms with Crippen molar-refractivity contribution in [1.82, 2.24) is 4.98 Å². The molecule has 2 aromatic rings. The maximum atomic E-state index is 10.0. The summed E-state index contributed by atoms with van der Waals surface area (Å²) in [5, 5.41) is 19.2. The minimum atomic E-state index is -0.564.